The Morgan fingerprint density at radius 3 is 2.67 bits per heavy atom. The van der Waals surface area contributed by atoms with E-state index in [1.807, 2.05) is 18.2 Å². The van der Waals surface area contributed by atoms with Crippen LogP contribution in [0.25, 0.3) is 10.2 Å². The Kier molecular flexibility index (Phi) is 2.60. The number of carbonyl (C=O) groups excluding carboxylic acids is 1. The van der Waals surface area contributed by atoms with Gasteiger partial charge in [0, 0.05) is 12.8 Å². The minimum atomic E-state index is -0.921. The Morgan fingerprint density at radius 2 is 1.94 bits per heavy atom. The van der Waals surface area contributed by atoms with Crippen molar-refractivity contribution in [2.24, 2.45) is 0 Å². The van der Waals surface area contributed by atoms with Gasteiger partial charge < -0.3 is 10.1 Å². The smallest absolute Gasteiger partial charge is 0.305 e. The SMILES string of the molecule is O=C1CCC(O)(c2ccc3[nH]c(=O)sc3c2)CC1. The number of ketones is 1. The first-order chi connectivity index (χ1) is 8.57. The number of thiazole rings is 1. The Morgan fingerprint density at radius 1 is 1.22 bits per heavy atom. The highest BCUT2D eigenvalue weighted by molar-refractivity contribution is 7.16. The second-order valence-electron chi connectivity index (χ2n) is 4.80. The normalized spacial score (nSPS) is 19.3. The standard InChI is InChI=1S/C13H13NO3S/c15-9-3-5-13(17,6-4-9)8-1-2-10-11(7-8)18-12(16)14-10/h1-2,7,17H,3-6H2,(H,14,16). The lowest BCUT2D eigenvalue weighted by atomic mass is 9.79. The van der Waals surface area contributed by atoms with E-state index in [2.05, 4.69) is 4.98 Å². The molecule has 1 fully saturated rings. The third kappa shape index (κ3) is 1.89. The molecule has 1 aliphatic carbocycles. The van der Waals surface area contributed by atoms with Crippen molar-refractivity contribution in [3.8, 4) is 0 Å². The second kappa shape index (κ2) is 4.03. The van der Waals surface area contributed by atoms with Crippen LogP contribution in [0.1, 0.15) is 31.2 Å². The minimum Gasteiger partial charge on any atom is -0.385 e. The van der Waals surface area contributed by atoms with Gasteiger partial charge in [0.15, 0.2) is 0 Å². The van der Waals surface area contributed by atoms with Crippen LogP contribution < -0.4 is 4.87 Å². The zero-order valence-electron chi connectivity index (χ0n) is 9.73. The second-order valence-corrected chi connectivity index (χ2v) is 5.81. The molecule has 5 heteroatoms. The molecule has 2 N–H and O–H groups in total. The van der Waals surface area contributed by atoms with Crippen molar-refractivity contribution in [3.63, 3.8) is 0 Å². The van der Waals surface area contributed by atoms with E-state index in [1.165, 1.54) is 0 Å². The van der Waals surface area contributed by atoms with Crippen molar-refractivity contribution in [1.29, 1.82) is 0 Å². The van der Waals surface area contributed by atoms with Crippen LogP contribution in [0.4, 0.5) is 0 Å². The van der Waals surface area contributed by atoms with E-state index in [0.29, 0.717) is 25.7 Å². The predicted octanol–water partition coefficient (Wildman–Crippen LogP) is 1.92. The maximum absolute atomic E-state index is 11.3. The van der Waals surface area contributed by atoms with E-state index >= 15 is 0 Å². The zero-order chi connectivity index (χ0) is 12.8. The third-order valence-corrected chi connectivity index (χ3v) is 4.44. The highest BCUT2D eigenvalue weighted by atomic mass is 32.1. The summed E-state index contributed by atoms with van der Waals surface area (Å²) in [5, 5.41) is 10.6. The summed E-state index contributed by atoms with van der Waals surface area (Å²) in [6.45, 7) is 0. The zero-order valence-corrected chi connectivity index (χ0v) is 10.5. The first-order valence-electron chi connectivity index (χ1n) is 5.94. The Balaban J connectivity index is 2.03. The summed E-state index contributed by atoms with van der Waals surface area (Å²) in [6.07, 6.45) is 1.79. The van der Waals surface area contributed by atoms with Gasteiger partial charge in [-0.3, -0.25) is 9.59 Å². The molecule has 0 saturated heterocycles. The molecule has 1 saturated carbocycles. The maximum Gasteiger partial charge on any atom is 0.305 e. The molecule has 4 nitrogen and oxygen atoms in total. The number of aromatic amines is 1. The van der Waals surface area contributed by atoms with E-state index in [1.54, 1.807) is 0 Å². The van der Waals surface area contributed by atoms with Crippen molar-refractivity contribution in [2.45, 2.75) is 31.3 Å². The van der Waals surface area contributed by atoms with Gasteiger partial charge in [0.25, 0.3) is 0 Å². The van der Waals surface area contributed by atoms with Crippen LogP contribution >= 0.6 is 11.3 Å². The van der Waals surface area contributed by atoms with E-state index < -0.39 is 5.60 Å². The fourth-order valence-electron chi connectivity index (χ4n) is 2.47. The number of rotatable bonds is 1. The Bertz CT molecular complexity index is 660. The summed E-state index contributed by atoms with van der Waals surface area (Å²) < 4.78 is 0.850. The summed E-state index contributed by atoms with van der Waals surface area (Å²) in [4.78, 5) is 25.1. The van der Waals surface area contributed by atoms with Gasteiger partial charge in [-0.25, -0.2) is 0 Å². The van der Waals surface area contributed by atoms with E-state index in [0.717, 1.165) is 27.1 Å². The topological polar surface area (TPSA) is 70.2 Å². The lowest BCUT2D eigenvalue weighted by Gasteiger charge is -2.31. The highest BCUT2D eigenvalue weighted by Crippen LogP contribution is 2.36. The highest BCUT2D eigenvalue weighted by Gasteiger charge is 2.34. The number of H-pyrrole nitrogens is 1. The van der Waals surface area contributed by atoms with Gasteiger partial charge in [-0.15, -0.1) is 0 Å². The van der Waals surface area contributed by atoms with Crippen LogP contribution in [-0.2, 0) is 10.4 Å². The number of benzene rings is 1. The summed E-state index contributed by atoms with van der Waals surface area (Å²) >= 11 is 1.14. The number of aliphatic hydroxyl groups is 1. The van der Waals surface area contributed by atoms with Crippen LogP contribution in [0.5, 0.6) is 0 Å². The molecule has 2 aromatic rings. The van der Waals surface area contributed by atoms with Gasteiger partial charge in [-0.05, 0) is 30.5 Å². The molecule has 3 rings (SSSR count). The minimum absolute atomic E-state index is 0.0899. The molecule has 0 bridgehead atoms. The van der Waals surface area contributed by atoms with E-state index in [-0.39, 0.29) is 10.7 Å². The van der Waals surface area contributed by atoms with Gasteiger partial charge in [0.05, 0.1) is 15.8 Å². The van der Waals surface area contributed by atoms with Crippen LogP contribution in [0.3, 0.4) is 0 Å². The number of aromatic nitrogens is 1. The average molecular weight is 263 g/mol. The van der Waals surface area contributed by atoms with Crippen molar-refractivity contribution in [3.05, 3.63) is 33.4 Å². The first kappa shape index (κ1) is 11.6. The monoisotopic (exact) mass is 263 g/mol. The van der Waals surface area contributed by atoms with Crippen LogP contribution in [0.15, 0.2) is 23.0 Å². The molecule has 0 amide bonds. The van der Waals surface area contributed by atoms with Gasteiger partial charge in [-0.1, -0.05) is 17.4 Å². The molecule has 0 atom stereocenters. The summed E-state index contributed by atoms with van der Waals surface area (Å²) in [7, 11) is 0. The molecule has 1 aromatic heterocycles. The summed E-state index contributed by atoms with van der Waals surface area (Å²) in [6, 6.07) is 5.51. The molecule has 1 aromatic carbocycles. The van der Waals surface area contributed by atoms with Gasteiger partial charge in [-0.2, -0.15) is 0 Å². The Hall–Kier alpha value is -1.46. The molecule has 0 radical (unpaired) electrons. The summed E-state index contributed by atoms with van der Waals surface area (Å²) in [5.74, 6) is 0.215. The molecule has 0 aliphatic heterocycles. The van der Waals surface area contributed by atoms with Crippen LogP contribution in [0.2, 0.25) is 0 Å². The van der Waals surface area contributed by atoms with Gasteiger partial charge in [0.2, 0.25) is 0 Å². The third-order valence-electron chi connectivity index (χ3n) is 3.59. The van der Waals surface area contributed by atoms with E-state index in [9.17, 15) is 14.7 Å². The molecule has 18 heavy (non-hydrogen) atoms. The maximum atomic E-state index is 11.3. The number of hydrogen-bond acceptors (Lipinski definition) is 4. The lowest BCUT2D eigenvalue weighted by Crippen LogP contribution is -2.31. The Labute approximate surface area is 107 Å². The lowest BCUT2D eigenvalue weighted by molar-refractivity contribution is -0.125. The molecule has 0 unspecified atom stereocenters. The molecule has 94 valence electrons. The van der Waals surface area contributed by atoms with Gasteiger partial charge in [0.1, 0.15) is 5.78 Å². The number of fused-ring (bicyclic) bond motifs is 1. The summed E-state index contributed by atoms with van der Waals surface area (Å²) in [5.41, 5.74) is 0.678. The van der Waals surface area contributed by atoms with Crippen LogP contribution in [-0.4, -0.2) is 15.9 Å². The van der Waals surface area contributed by atoms with Crippen molar-refractivity contribution >= 4 is 27.3 Å². The van der Waals surface area contributed by atoms with Crippen molar-refractivity contribution in [2.75, 3.05) is 0 Å². The molecule has 1 heterocycles. The largest absolute Gasteiger partial charge is 0.385 e. The van der Waals surface area contributed by atoms with Crippen LogP contribution in [0, 0.1) is 0 Å². The predicted molar refractivity (Wildman–Crippen MR) is 69.8 cm³/mol. The molecule has 0 spiro atoms. The average Bonchev–Trinajstić information content (AvgIpc) is 2.72. The quantitative estimate of drug-likeness (QED) is 0.825. The molecular formula is C13H13NO3S. The fourth-order valence-corrected chi connectivity index (χ4v) is 3.24. The van der Waals surface area contributed by atoms with Gasteiger partial charge >= 0.3 is 4.87 Å². The van der Waals surface area contributed by atoms with Crippen molar-refractivity contribution < 1.29 is 9.90 Å². The number of hydrogen-bond donors (Lipinski definition) is 2. The molecular weight excluding hydrogens is 250 g/mol. The first-order valence-corrected chi connectivity index (χ1v) is 6.76. The van der Waals surface area contributed by atoms with E-state index in [4.69, 9.17) is 0 Å². The van der Waals surface area contributed by atoms with Crippen molar-refractivity contribution in [1.82, 2.24) is 4.98 Å². The number of Topliss-reactive ketones (excluding diaryl/α,β-unsaturated/α-hetero) is 1. The molecule has 1 aliphatic rings. The number of carbonyl (C=O) groups is 1. The number of nitrogens with one attached hydrogen (secondary N) is 1. The fraction of sp³-hybridized carbons (Fsp3) is 0.385.